The Labute approximate surface area is 122 Å². The molecule has 1 N–H and O–H groups in total. The fraction of sp³-hybridized carbons (Fsp3) is 1.00. The minimum Gasteiger partial charge on any atom is -0.381 e. The molecule has 0 radical (unpaired) electrons. The number of nitrogens with one attached hydrogen (secondary N) is 1. The van der Waals surface area contributed by atoms with Gasteiger partial charge in [0.05, 0.1) is 18.8 Å². The molecule has 0 aliphatic carbocycles. The largest absolute Gasteiger partial charge is 0.381 e. The zero-order valence-electron chi connectivity index (χ0n) is 13.2. The fourth-order valence-electron chi connectivity index (χ4n) is 3.49. The molecule has 3 unspecified atom stereocenters. The van der Waals surface area contributed by atoms with E-state index in [1.807, 2.05) is 0 Å². The van der Waals surface area contributed by atoms with E-state index < -0.39 is 0 Å². The van der Waals surface area contributed by atoms with Crippen LogP contribution in [0.3, 0.4) is 0 Å². The Kier molecular flexibility index (Phi) is 6.23. The number of likely N-dealkylation sites (tertiary alicyclic amines) is 1. The van der Waals surface area contributed by atoms with Crippen molar-refractivity contribution in [1.29, 1.82) is 0 Å². The Morgan fingerprint density at radius 3 is 2.45 bits per heavy atom. The molecule has 0 aromatic rings. The summed E-state index contributed by atoms with van der Waals surface area (Å²) in [5.74, 6) is 0. The zero-order chi connectivity index (χ0) is 14.4. The van der Waals surface area contributed by atoms with Gasteiger partial charge >= 0.3 is 0 Å². The normalized spacial score (nSPS) is 35.5. The number of hydrogen-bond donors (Lipinski definition) is 1. The van der Waals surface area contributed by atoms with Crippen molar-refractivity contribution in [2.24, 2.45) is 5.41 Å². The molecule has 0 bridgehead atoms. The minimum absolute atomic E-state index is 0.195. The second-order valence-electron chi connectivity index (χ2n) is 6.18. The third-order valence-electron chi connectivity index (χ3n) is 4.61. The average molecular weight is 286 g/mol. The summed E-state index contributed by atoms with van der Waals surface area (Å²) in [6.07, 6.45) is 2.80. The van der Waals surface area contributed by atoms with E-state index in [0.717, 1.165) is 45.9 Å². The molecule has 2 aliphatic heterocycles. The Morgan fingerprint density at radius 1 is 1.25 bits per heavy atom. The van der Waals surface area contributed by atoms with E-state index in [0.29, 0.717) is 0 Å². The number of rotatable bonds is 7. The highest BCUT2D eigenvalue weighted by atomic mass is 16.5. The number of nitrogens with zero attached hydrogens (tertiary/aromatic N) is 1. The summed E-state index contributed by atoms with van der Waals surface area (Å²) in [6, 6.07) is 0. The monoisotopic (exact) mass is 286 g/mol. The van der Waals surface area contributed by atoms with Crippen molar-refractivity contribution in [3.63, 3.8) is 0 Å². The van der Waals surface area contributed by atoms with Gasteiger partial charge in [0.2, 0.25) is 0 Å². The summed E-state index contributed by atoms with van der Waals surface area (Å²) in [5.41, 5.74) is 0.245. The highest BCUT2D eigenvalue weighted by Gasteiger charge is 2.39. The molecular weight excluding hydrogens is 256 g/mol. The SMILES string of the molecule is CCNCC1(CN2CC(OC)C(OC)C2)CCCOC1. The Morgan fingerprint density at radius 2 is 1.95 bits per heavy atom. The van der Waals surface area contributed by atoms with Crippen LogP contribution in [0, 0.1) is 5.41 Å². The lowest BCUT2D eigenvalue weighted by molar-refractivity contribution is -0.0249. The molecule has 0 amide bonds. The molecule has 2 aliphatic rings. The maximum Gasteiger partial charge on any atom is 0.0971 e. The smallest absolute Gasteiger partial charge is 0.0971 e. The van der Waals surface area contributed by atoms with Crippen LogP contribution in [0.4, 0.5) is 0 Å². The molecule has 118 valence electrons. The van der Waals surface area contributed by atoms with Gasteiger partial charge in [-0.15, -0.1) is 0 Å². The Hall–Kier alpha value is -0.200. The van der Waals surface area contributed by atoms with Gasteiger partial charge in [0, 0.05) is 52.4 Å². The van der Waals surface area contributed by atoms with Crippen LogP contribution < -0.4 is 5.32 Å². The third-order valence-corrected chi connectivity index (χ3v) is 4.61. The van der Waals surface area contributed by atoms with Crippen molar-refractivity contribution < 1.29 is 14.2 Å². The van der Waals surface area contributed by atoms with Gasteiger partial charge in [0.1, 0.15) is 0 Å². The van der Waals surface area contributed by atoms with Crippen molar-refractivity contribution in [2.45, 2.75) is 32.0 Å². The lowest BCUT2D eigenvalue weighted by atomic mass is 9.81. The first-order valence-corrected chi connectivity index (χ1v) is 7.79. The van der Waals surface area contributed by atoms with Crippen LogP contribution >= 0.6 is 0 Å². The fourth-order valence-corrected chi connectivity index (χ4v) is 3.49. The molecule has 0 aromatic heterocycles. The van der Waals surface area contributed by atoms with E-state index in [9.17, 15) is 0 Å². The van der Waals surface area contributed by atoms with Gasteiger partial charge in [-0.2, -0.15) is 0 Å². The van der Waals surface area contributed by atoms with Crippen molar-refractivity contribution in [3.8, 4) is 0 Å². The van der Waals surface area contributed by atoms with E-state index in [1.54, 1.807) is 14.2 Å². The van der Waals surface area contributed by atoms with E-state index in [1.165, 1.54) is 12.8 Å². The first-order chi connectivity index (χ1) is 9.73. The molecular formula is C15H30N2O3. The third kappa shape index (κ3) is 3.92. The van der Waals surface area contributed by atoms with Crippen LogP contribution in [0.15, 0.2) is 0 Å². The second-order valence-corrected chi connectivity index (χ2v) is 6.18. The van der Waals surface area contributed by atoms with Crippen LogP contribution in [0.2, 0.25) is 0 Å². The summed E-state index contributed by atoms with van der Waals surface area (Å²) in [6.45, 7) is 8.99. The summed E-state index contributed by atoms with van der Waals surface area (Å²) < 4.78 is 16.8. The van der Waals surface area contributed by atoms with Gasteiger partial charge in [0.25, 0.3) is 0 Å². The minimum atomic E-state index is 0.195. The molecule has 0 aromatic carbocycles. The van der Waals surface area contributed by atoms with Crippen molar-refractivity contribution >= 4 is 0 Å². The molecule has 5 nitrogen and oxygen atoms in total. The highest BCUT2D eigenvalue weighted by Crippen LogP contribution is 2.31. The van der Waals surface area contributed by atoms with Crippen molar-refractivity contribution in [1.82, 2.24) is 10.2 Å². The highest BCUT2D eigenvalue weighted by molar-refractivity contribution is 4.93. The second kappa shape index (κ2) is 7.71. The quantitative estimate of drug-likeness (QED) is 0.748. The zero-order valence-corrected chi connectivity index (χ0v) is 13.2. The van der Waals surface area contributed by atoms with Crippen LogP contribution in [-0.2, 0) is 14.2 Å². The molecule has 2 rings (SSSR count). The van der Waals surface area contributed by atoms with Crippen LogP contribution in [-0.4, -0.2) is 77.3 Å². The number of hydrogen-bond acceptors (Lipinski definition) is 5. The van der Waals surface area contributed by atoms with Crippen molar-refractivity contribution in [2.75, 3.05) is 60.2 Å². The van der Waals surface area contributed by atoms with Crippen molar-refractivity contribution in [3.05, 3.63) is 0 Å². The Balaban J connectivity index is 1.94. The Bertz CT molecular complexity index is 270. The van der Waals surface area contributed by atoms with Gasteiger partial charge in [-0.25, -0.2) is 0 Å². The molecule has 0 spiro atoms. The summed E-state index contributed by atoms with van der Waals surface area (Å²) in [7, 11) is 3.55. The van der Waals surface area contributed by atoms with E-state index >= 15 is 0 Å². The number of methoxy groups -OCH3 is 2. The molecule has 5 heteroatoms. The van der Waals surface area contributed by atoms with Crippen LogP contribution in [0.1, 0.15) is 19.8 Å². The predicted molar refractivity (Wildman–Crippen MR) is 79.1 cm³/mol. The molecule has 2 heterocycles. The molecule has 3 atom stereocenters. The van der Waals surface area contributed by atoms with E-state index in [4.69, 9.17) is 14.2 Å². The lowest BCUT2D eigenvalue weighted by Crippen LogP contribution is -2.48. The first kappa shape index (κ1) is 16.2. The van der Waals surface area contributed by atoms with Crippen LogP contribution in [0.25, 0.3) is 0 Å². The standard InChI is InChI=1S/C15H30N2O3/c1-4-16-10-15(6-5-7-20-12-15)11-17-8-13(18-2)14(9-17)19-3/h13-14,16H,4-12H2,1-3H3. The van der Waals surface area contributed by atoms with Gasteiger partial charge in [-0.1, -0.05) is 6.92 Å². The van der Waals surface area contributed by atoms with Gasteiger partial charge in [-0.05, 0) is 19.4 Å². The maximum absolute atomic E-state index is 5.77. The summed E-state index contributed by atoms with van der Waals surface area (Å²) >= 11 is 0. The lowest BCUT2D eigenvalue weighted by Gasteiger charge is -2.40. The first-order valence-electron chi connectivity index (χ1n) is 7.79. The maximum atomic E-state index is 5.77. The van der Waals surface area contributed by atoms with Gasteiger partial charge in [-0.3, -0.25) is 4.90 Å². The summed E-state index contributed by atoms with van der Waals surface area (Å²) in [5, 5.41) is 3.51. The van der Waals surface area contributed by atoms with E-state index in [-0.39, 0.29) is 17.6 Å². The van der Waals surface area contributed by atoms with Gasteiger partial charge in [0.15, 0.2) is 0 Å². The number of ether oxygens (including phenoxy) is 3. The van der Waals surface area contributed by atoms with Gasteiger partial charge < -0.3 is 19.5 Å². The predicted octanol–water partition coefficient (Wildman–Crippen LogP) is 0.738. The summed E-state index contributed by atoms with van der Waals surface area (Å²) in [4.78, 5) is 2.48. The average Bonchev–Trinajstić information content (AvgIpc) is 2.88. The molecule has 2 saturated heterocycles. The molecule has 20 heavy (non-hydrogen) atoms. The topological polar surface area (TPSA) is 43.0 Å². The molecule has 2 fully saturated rings. The van der Waals surface area contributed by atoms with Crippen LogP contribution in [0.5, 0.6) is 0 Å². The van der Waals surface area contributed by atoms with E-state index in [2.05, 4.69) is 17.1 Å². The molecule has 0 saturated carbocycles.